The van der Waals surface area contributed by atoms with Crippen LogP contribution in [0.5, 0.6) is 0 Å². The van der Waals surface area contributed by atoms with Crippen LogP contribution in [0.2, 0.25) is 0 Å². The first-order valence-electron chi connectivity index (χ1n) is 8.03. The maximum Gasteiger partial charge on any atom is 0.270 e. The van der Waals surface area contributed by atoms with Gasteiger partial charge in [0.2, 0.25) is 0 Å². The smallest absolute Gasteiger partial charge is 0.270 e. The number of rotatable bonds is 4. The Bertz CT molecular complexity index is 623. The van der Waals surface area contributed by atoms with Gasteiger partial charge in [-0.15, -0.1) is 0 Å². The van der Waals surface area contributed by atoms with E-state index in [0.717, 1.165) is 18.5 Å². The molecule has 3 rings (SSSR count). The molecule has 2 aromatic rings. The molecular formula is C17H22N4O. The van der Waals surface area contributed by atoms with Crippen LogP contribution in [0.15, 0.2) is 37.1 Å². The van der Waals surface area contributed by atoms with Crippen molar-refractivity contribution in [2.24, 2.45) is 5.92 Å². The lowest BCUT2D eigenvalue weighted by Gasteiger charge is -2.31. The van der Waals surface area contributed by atoms with Crippen LogP contribution >= 0.6 is 0 Å². The van der Waals surface area contributed by atoms with E-state index in [1.54, 1.807) is 24.8 Å². The van der Waals surface area contributed by atoms with Crippen LogP contribution in [0.1, 0.15) is 49.5 Å². The number of imidazole rings is 1. The van der Waals surface area contributed by atoms with E-state index in [4.69, 9.17) is 0 Å². The molecule has 0 aliphatic heterocycles. The molecule has 2 aromatic heterocycles. The predicted molar refractivity (Wildman–Crippen MR) is 84.9 cm³/mol. The zero-order valence-corrected chi connectivity index (χ0v) is 12.9. The Balaban J connectivity index is 1.73. The molecule has 0 saturated heterocycles. The fourth-order valence-electron chi connectivity index (χ4n) is 3.24. The molecule has 0 radical (unpaired) electrons. The van der Waals surface area contributed by atoms with Crippen molar-refractivity contribution in [1.82, 2.24) is 19.9 Å². The third-order valence-electron chi connectivity index (χ3n) is 4.53. The van der Waals surface area contributed by atoms with Crippen molar-refractivity contribution >= 4 is 5.91 Å². The molecule has 1 aliphatic carbocycles. The SMILES string of the molecule is CCC1CCCCC1NC(=O)c1cc(-n2ccnc2)ccn1. The van der Waals surface area contributed by atoms with Gasteiger partial charge in [-0.2, -0.15) is 0 Å². The van der Waals surface area contributed by atoms with Crippen LogP contribution in [0.3, 0.4) is 0 Å². The highest BCUT2D eigenvalue weighted by molar-refractivity contribution is 5.93. The van der Waals surface area contributed by atoms with Crippen molar-refractivity contribution in [3.63, 3.8) is 0 Å². The number of carbonyl (C=O) groups is 1. The Morgan fingerprint density at radius 2 is 2.23 bits per heavy atom. The number of hydrogen-bond donors (Lipinski definition) is 1. The normalized spacial score (nSPS) is 21.5. The van der Waals surface area contributed by atoms with Gasteiger partial charge in [0.1, 0.15) is 5.69 Å². The van der Waals surface area contributed by atoms with E-state index in [1.807, 2.05) is 16.8 Å². The lowest BCUT2D eigenvalue weighted by atomic mass is 9.83. The van der Waals surface area contributed by atoms with Gasteiger partial charge in [0.15, 0.2) is 0 Å². The molecule has 1 saturated carbocycles. The molecule has 0 aromatic carbocycles. The van der Waals surface area contributed by atoms with Gasteiger partial charge in [0, 0.05) is 24.6 Å². The standard InChI is InChI=1S/C17H22N4O/c1-2-13-5-3-4-6-15(13)20-17(22)16-11-14(7-8-19-16)21-10-9-18-12-21/h7-13,15H,2-6H2,1H3,(H,20,22). The molecule has 116 valence electrons. The third-order valence-corrected chi connectivity index (χ3v) is 4.53. The third kappa shape index (κ3) is 3.18. The number of amides is 1. The lowest BCUT2D eigenvalue weighted by molar-refractivity contribution is 0.0899. The minimum atomic E-state index is -0.0766. The number of pyridine rings is 1. The summed E-state index contributed by atoms with van der Waals surface area (Å²) in [6.07, 6.45) is 12.8. The zero-order chi connectivity index (χ0) is 15.4. The van der Waals surface area contributed by atoms with Gasteiger partial charge < -0.3 is 9.88 Å². The summed E-state index contributed by atoms with van der Waals surface area (Å²) in [5, 5.41) is 3.18. The van der Waals surface area contributed by atoms with E-state index >= 15 is 0 Å². The van der Waals surface area contributed by atoms with Gasteiger partial charge in [-0.05, 0) is 30.9 Å². The summed E-state index contributed by atoms with van der Waals surface area (Å²) in [6.45, 7) is 2.20. The highest BCUT2D eigenvalue weighted by atomic mass is 16.1. The second kappa shape index (κ2) is 6.73. The van der Waals surface area contributed by atoms with Crippen molar-refractivity contribution in [3.8, 4) is 5.69 Å². The van der Waals surface area contributed by atoms with Gasteiger partial charge in [-0.1, -0.05) is 26.2 Å². The molecule has 5 nitrogen and oxygen atoms in total. The van der Waals surface area contributed by atoms with Crippen molar-refractivity contribution in [2.45, 2.75) is 45.1 Å². The summed E-state index contributed by atoms with van der Waals surface area (Å²) in [6, 6.07) is 3.96. The molecule has 5 heteroatoms. The topological polar surface area (TPSA) is 59.8 Å². The van der Waals surface area contributed by atoms with Crippen molar-refractivity contribution in [1.29, 1.82) is 0 Å². The van der Waals surface area contributed by atoms with Gasteiger partial charge in [0.25, 0.3) is 5.91 Å². The fraction of sp³-hybridized carbons (Fsp3) is 0.471. The molecular weight excluding hydrogens is 276 g/mol. The summed E-state index contributed by atoms with van der Waals surface area (Å²) >= 11 is 0. The Kier molecular flexibility index (Phi) is 4.51. The van der Waals surface area contributed by atoms with E-state index in [9.17, 15) is 4.79 Å². The molecule has 1 amide bonds. The average Bonchev–Trinajstić information content (AvgIpc) is 3.10. The number of hydrogen-bond acceptors (Lipinski definition) is 3. The molecule has 1 fully saturated rings. The lowest BCUT2D eigenvalue weighted by Crippen LogP contribution is -2.42. The van der Waals surface area contributed by atoms with Crippen LogP contribution in [0, 0.1) is 5.92 Å². The second-order valence-electron chi connectivity index (χ2n) is 5.90. The van der Waals surface area contributed by atoms with Crippen molar-refractivity contribution < 1.29 is 4.79 Å². The molecule has 0 bridgehead atoms. The molecule has 22 heavy (non-hydrogen) atoms. The quantitative estimate of drug-likeness (QED) is 0.944. The molecule has 2 atom stereocenters. The summed E-state index contributed by atoms with van der Waals surface area (Å²) in [7, 11) is 0. The average molecular weight is 298 g/mol. The molecule has 2 unspecified atom stereocenters. The van der Waals surface area contributed by atoms with Crippen LogP contribution in [-0.2, 0) is 0 Å². The van der Waals surface area contributed by atoms with E-state index < -0.39 is 0 Å². The van der Waals surface area contributed by atoms with Crippen LogP contribution < -0.4 is 5.32 Å². The number of aromatic nitrogens is 3. The van der Waals surface area contributed by atoms with Crippen LogP contribution in [0.25, 0.3) is 5.69 Å². The highest BCUT2D eigenvalue weighted by Gasteiger charge is 2.25. The Morgan fingerprint density at radius 3 is 3.00 bits per heavy atom. The largest absolute Gasteiger partial charge is 0.348 e. The van der Waals surface area contributed by atoms with Crippen molar-refractivity contribution in [3.05, 3.63) is 42.7 Å². The first-order valence-corrected chi connectivity index (χ1v) is 8.03. The predicted octanol–water partition coefficient (Wildman–Crippen LogP) is 2.97. The number of nitrogens with zero attached hydrogens (tertiary/aromatic N) is 3. The summed E-state index contributed by atoms with van der Waals surface area (Å²) < 4.78 is 1.87. The molecule has 1 aliphatic rings. The minimum Gasteiger partial charge on any atom is -0.348 e. The van der Waals surface area contributed by atoms with Gasteiger partial charge >= 0.3 is 0 Å². The maximum atomic E-state index is 12.5. The summed E-state index contributed by atoms with van der Waals surface area (Å²) in [5.74, 6) is 0.516. The minimum absolute atomic E-state index is 0.0766. The Labute approximate surface area is 130 Å². The van der Waals surface area contributed by atoms with Gasteiger partial charge in [-0.25, -0.2) is 4.98 Å². The van der Waals surface area contributed by atoms with E-state index in [0.29, 0.717) is 11.6 Å². The van der Waals surface area contributed by atoms with Gasteiger partial charge in [-0.3, -0.25) is 9.78 Å². The first-order chi connectivity index (χ1) is 10.8. The van der Waals surface area contributed by atoms with Gasteiger partial charge in [0.05, 0.1) is 12.0 Å². The molecule has 2 heterocycles. The first kappa shape index (κ1) is 14.8. The van der Waals surface area contributed by atoms with E-state index in [1.165, 1.54) is 19.3 Å². The fourth-order valence-corrected chi connectivity index (χ4v) is 3.24. The van der Waals surface area contributed by atoms with Crippen LogP contribution in [-0.4, -0.2) is 26.5 Å². The number of nitrogens with one attached hydrogen (secondary N) is 1. The maximum absolute atomic E-state index is 12.5. The summed E-state index contributed by atoms with van der Waals surface area (Å²) in [5.41, 5.74) is 1.36. The van der Waals surface area contributed by atoms with Crippen LogP contribution in [0.4, 0.5) is 0 Å². The second-order valence-corrected chi connectivity index (χ2v) is 5.90. The Hall–Kier alpha value is -2.17. The molecule has 1 N–H and O–H groups in total. The van der Waals surface area contributed by atoms with E-state index in [2.05, 4.69) is 22.2 Å². The highest BCUT2D eigenvalue weighted by Crippen LogP contribution is 2.27. The monoisotopic (exact) mass is 298 g/mol. The van der Waals surface area contributed by atoms with Crippen molar-refractivity contribution in [2.75, 3.05) is 0 Å². The summed E-state index contributed by atoms with van der Waals surface area (Å²) in [4.78, 5) is 20.7. The van der Waals surface area contributed by atoms with E-state index in [-0.39, 0.29) is 11.9 Å². The zero-order valence-electron chi connectivity index (χ0n) is 12.9. The Morgan fingerprint density at radius 1 is 1.36 bits per heavy atom. The number of carbonyl (C=O) groups excluding carboxylic acids is 1. The molecule has 0 spiro atoms.